The number of rotatable bonds is 2. The molecule has 0 aliphatic carbocycles. The largest absolute Gasteiger partial charge is 0.353 e. The summed E-state index contributed by atoms with van der Waals surface area (Å²) in [4.78, 5) is 21.3. The quantitative estimate of drug-likeness (QED) is 0.786. The third-order valence-electron chi connectivity index (χ3n) is 4.28. The molecular formula is C18H19BClN3O. The number of carbonyl (C=O) groups is 1. The summed E-state index contributed by atoms with van der Waals surface area (Å²) in [6.07, 6.45) is 1.88. The molecule has 24 heavy (non-hydrogen) atoms. The molecule has 3 rings (SSSR count). The molecule has 2 radical (unpaired) electrons. The van der Waals surface area contributed by atoms with Gasteiger partial charge in [-0.25, -0.2) is 4.98 Å². The van der Waals surface area contributed by atoms with Crippen LogP contribution in [0, 0.1) is 13.8 Å². The van der Waals surface area contributed by atoms with Crippen molar-refractivity contribution in [3.8, 4) is 0 Å². The zero-order chi connectivity index (χ0) is 17.3. The van der Waals surface area contributed by atoms with Gasteiger partial charge < -0.3 is 9.80 Å². The molecule has 2 heterocycles. The summed E-state index contributed by atoms with van der Waals surface area (Å²) in [7, 11) is 5.69. The Bertz CT molecular complexity index is 773. The first-order valence-electron chi connectivity index (χ1n) is 7.98. The van der Waals surface area contributed by atoms with E-state index in [-0.39, 0.29) is 5.91 Å². The van der Waals surface area contributed by atoms with Crippen LogP contribution in [0.3, 0.4) is 0 Å². The molecule has 1 aliphatic rings. The van der Waals surface area contributed by atoms with Gasteiger partial charge in [-0.2, -0.15) is 0 Å². The average Bonchev–Trinajstić information content (AvgIpc) is 2.54. The highest BCUT2D eigenvalue weighted by Gasteiger charge is 2.24. The number of pyridine rings is 1. The Morgan fingerprint density at radius 3 is 2.50 bits per heavy atom. The number of anilines is 1. The molecule has 1 aromatic heterocycles. The van der Waals surface area contributed by atoms with E-state index in [1.807, 2.05) is 18.0 Å². The van der Waals surface area contributed by atoms with E-state index in [9.17, 15) is 4.79 Å². The van der Waals surface area contributed by atoms with Crippen LogP contribution in [0.25, 0.3) is 0 Å². The molecule has 0 spiro atoms. The van der Waals surface area contributed by atoms with Crippen LogP contribution in [-0.2, 0) is 0 Å². The highest BCUT2D eigenvalue weighted by Crippen LogP contribution is 2.21. The van der Waals surface area contributed by atoms with Crippen molar-refractivity contribution >= 4 is 36.6 Å². The van der Waals surface area contributed by atoms with Crippen LogP contribution >= 0.6 is 11.6 Å². The number of halogens is 1. The van der Waals surface area contributed by atoms with Crippen molar-refractivity contribution in [1.29, 1.82) is 0 Å². The summed E-state index contributed by atoms with van der Waals surface area (Å²) >= 11 is 6.16. The number of aromatic nitrogens is 1. The first-order chi connectivity index (χ1) is 11.5. The molecule has 0 atom stereocenters. The van der Waals surface area contributed by atoms with Gasteiger partial charge in [0.15, 0.2) is 0 Å². The van der Waals surface area contributed by atoms with Gasteiger partial charge in [-0.15, -0.1) is 0 Å². The lowest BCUT2D eigenvalue weighted by Gasteiger charge is -2.36. The van der Waals surface area contributed by atoms with Crippen LogP contribution in [0.5, 0.6) is 0 Å². The third kappa shape index (κ3) is 3.41. The summed E-state index contributed by atoms with van der Waals surface area (Å²) in [6.45, 7) is 6.92. The summed E-state index contributed by atoms with van der Waals surface area (Å²) in [6, 6.07) is 7.14. The fourth-order valence-corrected chi connectivity index (χ4v) is 3.31. The molecule has 1 fully saturated rings. The molecule has 1 saturated heterocycles. The molecule has 1 amide bonds. The second kappa shape index (κ2) is 6.85. The predicted molar refractivity (Wildman–Crippen MR) is 98.7 cm³/mol. The lowest BCUT2D eigenvalue weighted by Crippen LogP contribution is -2.49. The first-order valence-corrected chi connectivity index (χ1v) is 8.36. The fraction of sp³-hybridized carbons (Fsp3) is 0.333. The van der Waals surface area contributed by atoms with Gasteiger partial charge in [0, 0.05) is 32.4 Å². The minimum absolute atomic E-state index is 0.0479. The Kier molecular flexibility index (Phi) is 4.81. The van der Waals surface area contributed by atoms with Crippen molar-refractivity contribution < 1.29 is 4.79 Å². The van der Waals surface area contributed by atoms with E-state index in [1.165, 1.54) is 0 Å². The van der Waals surface area contributed by atoms with Crippen LogP contribution < -0.4 is 10.4 Å². The van der Waals surface area contributed by atoms with Crippen molar-refractivity contribution in [2.45, 2.75) is 13.8 Å². The summed E-state index contributed by atoms with van der Waals surface area (Å²) < 4.78 is 0. The van der Waals surface area contributed by atoms with Gasteiger partial charge in [-0.3, -0.25) is 4.79 Å². The highest BCUT2D eigenvalue weighted by atomic mass is 35.5. The fourth-order valence-electron chi connectivity index (χ4n) is 3.04. The topological polar surface area (TPSA) is 36.4 Å². The number of hydrogen-bond acceptors (Lipinski definition) is 3. The van der Waals surface area contributed by atoms with Gasteiger partial charge in [-0.1, -0.05) is 29.2 Å². The third-order valence-corrected chi connectivity index (χ3v) is 4.59. The molecule has 0 N–H and O–H groups in total. The monoisotopic (exact) mass is 339 g/mol. The molecule has 1 aliphatic heterocycles. The number of aryl methyl sites for hydroxylation is 2. The summed E-state index contributed by atoms with van der Waals surface area (Å²) in [5.74, 6) is 0.950. The van der Waals surface area contributed by atoms with Crippen LogP contribution in [0.15, 0.2) is 30.5 Å². The van der Waals surface area contributed by atoms with Crippen molar-refractivity contribution in [2.75, 3.05) is 31.1 Å². The van der Waals surface area contributed by atoms with Gasteiger partial charge in [0.2, 0.25) is 0 Å². The predicted octanol–water partition coefficient (Wildman–Crippen LogP) is 2.11. The Balaban J connectivity index is 1.69. The molecule has 4 nitrogen and oxygen atoms in total. The molecule has 2 aromatic rings. The molecule has 0 bridgehead atoms. The maximum atomic E-state index is 12.7. The second-order valence-electron chi connectivity index (χ2n) is 6.17. The van der Waals surface area contributed by atoms with Crippen LogP contribution in [-0.4, -0.2) is 49.8 Å². The van der Waals surface area contributed by atoms with Gasteiger partial charge in [0.1, 0.15) is 13.7 Å². The Morgan fingerprint density at radius 1 is 1.17 bits per heavy atom. The van der Waals surface area contributed by atoms with Crippen LogP contribution in [0.2, 0.25) is 5.02 Å². The van der Waals surface area contributed by atoms with E-state index in [0.29, 0.717) is 29.1 Å². The second-order valence-corrected chi connectivity index (χ2v) is 6.58. The van der Waals surface area contributed by atoms with Crippen molar-refractivity contribution in [1.82, 2.24) is 9.88 Å². The molecule has 0 unspecified atom stereocenters. The Morgan fingerprint density at radius 2 is 1.88 bits per heavy atom. The number of amides is 1. The van der Waals surface area contributed by atoms with E-state index in [0.717, 1.165) is 30.0 Å². The number of nitrogens with zero attached hydrogens (tertiary/aromatic N) is 3. The Labute approximate surface area is 148 Å². The standard InChI is InChI=1S/C18H19BClN3O/c1-12-9-13(2)17(21-11-12)22-5-7-23(8-6-22)18(24)15-4-3-14(19)10-16(15)20/h3-4,9-11H,5-8H2,1-2H3. The van der Waals surface area contributed by atoms with Crippen molar-refractivity contribution in [3.05, 3.63) is 52.2 Å². The summed E-state index contributed by atoms with van der Waals surface area (Å²) in [5, 5.41) is 0.401. The van der Waals surface area contributed by atoms with E-state index in [4.69, 9.17) is 19.4 Å². The molecule has 0 saturated carbocycles. The van der Waals surface area contributed by atoms with Gasteiger partial charge in [0.05, 0.1) is 10.6 Å². The van der Waals surface area contributed by atoms with Crippen molar-refractivity contribution in [3.63, 3.8) is 0 Å². The van der Waals surface area contributed by atoms with Gasteiger partial charge in [0.25, 0.3) is 5.91 Å². The summed E-state index contributed by atoms with van der Waals surface area (Å²) in [5.41, 5.74) is 3.38. The van der Waals surface area contributed by atoms with E-state index in [1.54, 1.807) is 18.2 Å². The maximum Gasteiger partial charge on any atom is 0.255 e. The lowest BCUT2D eigenvalue weighted by atomic mass is 9.95. The Hall–Kier alpha value is -2.01. The number of benzene rings is 1. The zero-order valence-electron chi connectivity index (χ0n) is 13.9. The van der Waals surface area contributed by atoms with Crippen molar-refractivity contribution in [2.24, 2.45) is 0 Å². The van der Waals surface area contributed by atoms with Gasteiger partial charge in [-0.05, 0) is 37.1 Å². The number of carbonyl (C=O) groups excluding carboxylic acids is 1. The minimum atomic E-state index is -0.0479. The van der Waals surface area contributed by atoms with E-state index >= 15 is 0 Å². The molecular weight excluding hydrogens is 320 g/mol. The van der Waals surface area contributed by atoms with E-state index < -0.39 is 0 Å². The first kappa shape index (κ1) is 16.8. The highest BCUT2D eigenvalue weighted by molar-refractivity contribution is 6.38. The maximum absolute atomic E-state index is 12.7. The minimum Gasteiger partial charge on any atom is -0.353 e. The molecule has 6 heteroatoms. The SMILES string of the molecule is [B]c1ccc(C(=O)N2CCN(c3ncc(C)cc3C)CC2)c(Cl)c1. The van der Waals surface area contributed by atoms with E-state index in [2.05, 4.69) is 22.9 Å². The molecule has 1 aromatic carbocycles. The molecule has 122 valence electrons. The average molecular weight is 340 g/mol. The zero-order valence-corrected chi connectivity index (χ0v) is 14.7. The lowest BCUT2D eigenvalue weighted by molar-refractivity contribution is 0.0746. The van der Waals surface area contributed by atoms with Gasteiger partial charge >= 0.3 is 0 Å². The van der Waals surface area contributed by atoms with Crippen LogP contribution in [0.4, 0.5) is 5.82 Å². The normalized spacial score (nSPS) is 14.8. The number of hydrogen-bond donors (Lipinski definition) is 0. The van der Waals surface area contributed by atoms with Crippen LogP contribution in [0.1, 0.15) is 21.5 Å². The number of piperazine rings is 1. The smallest absolute Gasteiger partial charge is 0.255 e.